The molecule has 0 aromatic heterocycles. The van der Waals surface area contributed by atoms with Crippen LogP contribution in [0.5, 0.6) is 0 Å². The van der Waals surface area contributed by atoms with Gasteiger partial charge in [-0.25, -0.2) is 0 Å². The van der Waals surface area contributed by atoms with Gasteiger partial charge in [-0.15, -0.1) is 0 Å². The molecule has 0 fully saturated rings. The van der Waals surface area contributed by atoms with Crippen molar-refractivity contribution in [2.24, 2.45) is 0 Å². The van der Waals surface area contributed by atoms with Crippen LogP contribution in [0.25, 0.3) is 0 Å². The van der Waals surface area contributed by atoms with Gasteiger partial charge in [0.1, 0.15) is 0 Å². The summed E-state index contributed by atoms with van der Waals surface area (Å²) in [7, 11) is 1.15. The predicted molar refractivity (Wildman–Crippen MR) is 70.6 cm³/mol. The number of hydrogen-bond donors (Lipinski definition) is 1. The van der Waals surface area contributed by atoms with Crippen molar-refractivity contribution in [3.05, 3.63) is 33.7 Å². The molecule has 0 bridgehead atoms. The SMILES string of the molecule is COC(=O)/C([CH]=[V])=C/C(=CNC(=O)OC(C)(C)C)[N+](=O)[O-]. The maximum atomic E-state index is 11.4. The average molecular weight is 335 g/mol. The van der Waals surface area contributed by atoms with E-state index >= 15 is 0 Å². The Bertz CT molecular complexity index is 504. The van der Waals surface area contributed by atoms with E-state index in [0.717, 1.165) is 19.4 Å². The maximum absolute atomic E-state index is 11.4. The van der Waals surface area contributed by atoms with Crippen LogP contribution in [0.3, 0.4) is 0 Å². The van der Waals surface area contributed by atoms with Gasteiger partial charge in [-0.05, 0) is 0 Å². The first-order valence-electron chi connectivity index (χ1n) is 5.72. The molecule has 0 aromatic carbocycles. The van der Waals surface area contributed by atoms with Crippen LogP contribution in [0, 0.1) is 10.1 Å². The third kappa shape index (κ3) is 8.06. The fourth-order valence-electron chi connectivity index (χ4n) is 1.01. The zero-order chi connectivity index (χ0) is 16.6. The Morgan fingerprint density at radius 3 is 2.29 bits per heavy atom. The summed E-state index contributed by atoms with van der Waals surface area (Å²) in [5.74, 6) is -0.736. The summed E-state index contributed by atoms with van der Waals surface area (Å²) in [6.45, 7) is 4.97. The Balaban J connectivity index is 5.16. The van der Waals surface area contributed by atoms with Crippen LogP contribution in [0.4, 0.5) is 4.79 Å². The first-order valence-corrected chi connectivity index (χ1v) is 6.53. The topological polar surface area (TPSA) is 108 Å². The Hall–Kier alpha value is -1.93. The van der Waals surface area contributed by atoms with Gasteiger partial charge < -0.3 is 0 Å². The second-order valence-electron chi connectivity index (χ2n) is 4.69. The number of alkyl carbamates (subject to hydrolysis) is 1. The molecule has 0 atom stereocenters. The van der Waals surface area contributed by atoms with Crippen molar-refractivity contribution in [3.63, 3.8) is 0 Å². The van der Waals surface area contributed by atoms with Crippen LogP contribution < -0.4 is 5.32 Å². The van der Waals surface area contributed by atoms with Gasteiger partial charge in [0.15, 0.2) is 0 Å². The first kappa shape index (κ1) is 19.1. The predicted octanol–water partition coefficient (Wildman–Crippen LogP) is 1.08. The van der Waals surface area contributed by atoms with Gasteiger partial charge in [-0.1, -0.05) is 0 Å². The summed E-state index contributed by atoms with van der Waals surface area (Å²) in [5.41, 5.74) is -1.26. The van der Waals surface area contributed by atoms with E-state index in [1.54, 1.807) is 20.8 Å². The standard InChI is InChI=1S/C12H16N2O6.V/c1-8(10(15)19-5)6-9(14(17)18)7-13-11(16)20-12(2,3)4;/h1,6-7H,2-5H3,(H,13,16);/b8-6+,9-7?;. The molecule has 0 heterocycles. The Morgan fingerprint density at radius 2 is 1.90 bits per heavy atom. The summed E-state index contributed by atoms with van der Waals surface area (Å²) in [6.07, 6.45) is 0.973. The number of carbonyl (C=O) groups excluding carboxylic acids is 2. The van der Waals surface area contributed by atoms with Gasteiger partial charge in [0.25, 0.3) is 0 Å². The second-order valence-corrected chi connectivity index (χ2v) is 5.10. The van der Waals surface area contributed by atoms with Crippen molar-refractivity contribution in [1.82, 2.24) is 5.32 Å². The molecule has 1 amide bonds. The van der Waals surface area contributed by atoms with Crippen LogP contribution >= 0.6 is 0 Å². The molecule has 21 heavy (non-hydrogen) atoms. The summed E-state index contributed by atoms with van der Waals surface area (Å²) < 4.78 is 10.7. The fraction of sp³-hybridized carbons (Fsp3) is 0.417. The molecule has 115 valence electrons. The molecule has 0 aliphatic rings. The number of allylic oxidation sites excluding steroid dienone is 1. The summed E-state index contributed by atoms with van der Waals surface area (Å²) in [6, 6.07) is 0. The number of carbonyl (C=O) groups is 2. The van der Waals surface area contributed by atoms with E-state index in [1.807, 2.05) is 17.0 Å². The number of esters is 1. The Morgan fingerprint density at radius 1 is 1.33 bits per heavy atom. The van der Waals surface area contributed by atoms with E-state index in [4.69, 9.17) is 4.74 Å². The number of nitro groups is 1. The number of rotatable bonds is 5. The van der Waals surface area contributed by atoms with Gasteiger partial charge in [0.05, 0.1) is 0 Å². The van der Waals surface area contributed by atoms with Crippen molar-refractivity contribution < 1.29 is 41.0 Å². The zero-order valence-electron chi connectivity index (χ0n) is 12.1. The third-order valence-electron chi connectivity index (χ3n) is 1.81. The van der Waals surface area contributed by atoms with Crippen LogP contribution in [-0.2, 0) is 31.2 Å². The van der Waals surface area contributed by atoms with Crippen molar-refractivity contribution in [3.8, 4) is 0 Å². The number of nitrogens with zero attached hydrogens (tertiary/aromatic N) is 1. The molecule has 0 aliphatic heterocycles. The van der Waals surface area contributed by atoms with E-state index in [9.17, 15) is 19.7 Å². The number of amides is 1. The van der Waals surface area contributed by atoms with Crippen LogP contribution in [0.15, 0.2) is 23.5 Å². The van der Waals surface area contributed by atoms with Gasteiger partial charge >= 0.3 is 130 Å². The number of hydrogen-bond acceptors (Lipinski definition) is 6. The normalized spacial score (nSPS) is 12.3. The number of ether oxygens (including phenoxy) is 2. The summed E-state index contributed by atoms with van der Waals surface area (Å²) in [5, 5.41) is 13.0. The van der Waals surface area contributed by atoms with E-state index < -0.39 is 28.3 Å². The summed E-state index contributed by atoms with van der Waals surface area (Å²) >= 11 is 1.99. The molecule has 8 nitrogen and oxygen atoms in total. The van der Waals surface area contributed by atoms with Crippen molar-refractivity contribution in [2.75, 3.05) is 7.11 Å². The number of nitrogens with one attached hydrogen (secondary N) is 1. The Kier molecular flexibility index (Phi) is 7.61. The van der Waals surface area contributed by atoms with Crippen LogP contribution in [0.1, 0.15) is 20.8 Å². The molecule has 0 aromatic rings. The van der Waals surface area contributed by atoms with Crippen molar-refractivity contribution in [1.29, 1.82) is 0 Å². The molecular formula is C12H16N2O6V. The van der Waals surface area contributed by atoms with E-state index in [-0.39, 0.29) is 5.57 Å². The van der Waals surface area contributed by atoms with Crippen molar-refractivity contribution >= 4 is 16.8 Å². The van der Waals surface area contributed by atoms with Crippen LogP contribution in [-0.4, -0.2) is 34.4 Å². The molecule has 0 radical (unpaired) electrons. The molecule has 0 rings (SSSR count). The third-order valence-corrected chi connectivity index (χ3v) is 2.25. The number of methoxy groups -OCH3 is 1. The Labute approximate surface area is 130 Å². The molecule has 0 aliphatic carbocycles. The second kappa shape index (κ2) is 8.38. The van der Waals surface area contributed by atoms with Crippen LogP contribution in [0.2, 0.25) is 0 Å². The van der Waals surface area contributed by atoms with E-state index in [1.165, 1.54) is 4.73 Å². The minimum atomic E-state index is -0.842. The summed E-state index contributed by atoms with van der Waals surface area (Å²) in [4.78, 5) is 32.9. The quantitative estimate of drug-likeness (QED) is 0.265. The molecule has 9 heteroatoms. The average Bonchev–Trinajstić information content (AvgIpc) is 2.35. The van der Waals surface area contributed by atoms with E-state index in [2.05, 4.69) is 10.1 Å². The molecule has 0 saturated heterocycles. The minimum absolute atomic E-state index is 0.0357. The van der Waals surface area contributed by atoms with Gasteiger partial charge in [0.2, 0.25) is 0 Å². The molecule has 0 spiro atoms. The molecule has 0 saturated carbocycles. The van der Waals surface area contributed by atoms with E-state index in [0.29, 0.717) is 0 Å². The van der Waals surface area contributed by atoms with Crippen molar-refractivity contribution in [2.45, 2.75) is 26.4 Å². The van der Waals surface area contributed by atoms with Gasteiger partial charge in [-0.3, -0.25) is 0 Å². The fourth-order valence-corrected chi connectivity index (χ4v) is 1.29. The molecular weight excluding hydrogens is 319 g/mol. The first-order chi connectivity index (χ1) is 9.60. The monoisotopic (exact) mass is 335 g/mol. The van der Waals surface area contributed by atoms with Gasteiger partial charge in [0, 0.05) is 0 Å². The zero-order valence-corrected chi connectivity index (χ0v) is 13.5. The molecule has 1 N–H and O–H groups in total. The molecule has 0 unspecified atom stereocenters. The van der Waals surface area contributed by atoms with Gasteiger partial charge in [-0.2, -0.15) is 0 Å².